The average Bonchev–Trinajstić information content (AvgIpc) is 2.15. The van der Waals surface area contributed by atoms with Crippen LogP contribution in [0.1, 0.15) is 20.3 Å². The minimum absolute atomic E-state index is 0.108. The summed E-state index contributed by atoms with van der Waals surface area (Å²) in [6, 6.07) is 7.92. The van der Waals surface area contributed by atoms with Crippen LogP contribution in [0.2, 0.25) is 0 Å². The Morgan fingerprint density at radius 3 is 2.60 bits per heavy atom. The SMILES string of the molecule is CC(C)CC(N)COc1ccccc1Br. The van der Waals surface area contributed by atoms with Crippen molar-refractivity contribution in [3.8, 4) is 5.75 Å². The molecule has 1 unspecified atom stereocenters. The van der Waals surface area contributed by atoms with E-state index in [9.17, 15) is 0 Å². The highest BCUT2D eigenvalue weighted by atomic mass is 79.9. The molecule has 1 aromatic rings. The van der Waals surface area contributed by atoms with E-state index in [2.05, 4.69) is 29.8 Å². The third-order valence-electron chi connectivity index (χ3n) is 2.06. The molecule has 0 aromatic heterocycles. The van der Waals surface area contributed by atoms with E-state index in [-0.39, 0.29) is 6.04 Å². The summed E-state index contributed by atoms with van der Waals surface area (Å²) in [6.07, 6.45) is 0.991. The zero-order valence-corrected chi connectivity index (χ0v) is 10.8. The predicted molar refractivity (Wildman–Crippen MR) is 67.1 cm³/mol. The van der Waals surface area contributed by atoms with Crippen LogP contribution in [0, 0.1) is 5.92 Å². The van der Waals surface area contributed by atoms with Gasteiger partial charge in [-0.05, 0) is 40.4 Å². The third kappa shape index (κ3) is 4.67. The lowest BCUT2D eigenvalue weighted by atomic mass is 10.1. The quantitative estimate of drug-likeness (QED) is 0.893. The van der Waals surface area contributed by atoms with Crippen molar-refractivity contribution in [1.29, 1.82) is 0 Å². The van der Waals surface area contributed by atoms with Gasteiger partial charge >= 0.3 is 0 Å². The maximum Gasteiger partial charge on any atom is 0.133 e. The molecule has 0 fully saturated rings. The summed E-state index contributed by atoms with van der Waals surface area (Å²) in [6.45, 7) is 4.90. The molecule has 0 aliphatic carbocycles. The molecule has 1 aromatic carbocycles. The first-order chi connectivity index (χ1) is 7.09. The fourth-order valence-electron chi connectivity index (χ4n) is 1.43. The largest absolute Gasteiger partial charge is 0.491 e. The Balaban J connectivity index is 2.40. The van der Waals surface area contributed by atoms with Crippen molar-refractivity contribution in [3.63, 3.8) is 0 Å². The van der Waals surface area contributed by atoms with Gasteiger partial charge in [-0.25, -0.2) is 0 Å². The van der Waals surface area contributed by atoms with E-state index in [1.807, 2.05) is 24.3 Å². The van der Waals surface area contributed by atoms with Crippen molar-refractivity contribution in [2.75, 3.05) is 6.61 Å². The monoisotopic (exact) mass is 271 g/mol. The minimum Gasteiger partial charge on any atom is -0.491 e. The summed E-state index contributed by atoms with van der Waals surface area (Å²) in [5.74, 6) is 1.47. The molecule has 3 heteroatoms. The number of rotatable bonds is 5. The molecule has 0 aliphatic heterocycles. The predicted octanol–water partition coefficient (Wildman–Crippen LogP) is 3.20. The number of nitrogens with two attached hydrogens (primary N) is 1. The number of halogens is 1. The van der Waals surface area contributed by atoms with E-state index in [1.54, 1.807) is 0 Å². The van der Waals surface area contributed by atoms with E-state index in [1.165, 1.54) is 0 Å². The van der Waals surface area contributed by atoms with Crippen LogP contribution in [0.5, 0.6) is 5.75 Å². The van der Waals surface area contributed by atoms with Crippen LogP contribution in [0.3, 0.4) is 0 Å². The maximum atomic E-state index is 5.93. The molecule has 84 valence electrons. The maximum absolute atomic E-state index is 5.93. The summed E-state index contributed by atoms with van der Waals surface area (Å²) >= 11 is 3.43. The lowest BCUT2D eigenvalue weighted by molar-refractivity contribution is 0.269. The first-order valence-electron chi connectivity index (χ1n) is 5.22. The van der Waals surface area contributed by atoms with E-state index >= 15 is 0 Å². The van der Waals surface area contributed by atoms with Gasteiger partial charge in [-0.1, -0.05) is 26.0 Å². The Morgan fingerprint density at radius 1 is 1.33 bits per heavy atom. The first-order valence-corrected chi connectivity index (χ1v) is 6.01. The second kappa shape index (κ2) is 6.13. The van der Waals surface area contributed by atoms with Crippen LogP contribution in [0.15, 0.2) is 28.7 Å². The average molecular weight is 272 g/mol. The Bertz CT molecular complexity index is 301. The van der Waals surface area contributed by atoms with Gasteiger partial charge in [0.25, 0.3) is 0 Å². The van der Waals surface area contributed by atoms with Crippen LogP contribution in [-0.4, -0.2) is 12.6 Å². The van der Waals surface area contributed by atoms with Crippen molar-refractivity contribution in [3.05, 3.63) is 28.7 Å². The molecule has 15 heavy (non-hydrogen) atoms. The zero-order chi connectivity index (χ0) is 11.3. The normalized spacial score (nSPS) is 12.9. The molecular formula is C12H18BrNO. The number of ether oxygens (including phenoxy) is 1. The Morgan fingerprint density at radius 2 is 2.00 bits per heavy atom. The van der Waals surface area contributed by atoms with Gasteiger partial charge in [0.1, 0.15) is 12.4 Å². The molecular weight excluding hydrogens is 254 g/mol. The molecule has 0 amide bonds. The number of para-hydroxylation sites is 1. The molecule has 0 spiro atoms. The van der Waals surface area contributed by atoms with Crippen LogP contribution < -0.4 is 10.5 Å². The summed E-state index contributed by atoms with van der Waals surface area (Å²) < 4.78 is 6.60. The van der Waals surface area contributed by atoms with Gasteiger partial charge in [0.2, 0.25) is 0 Å². The Hall–Kier alpha value is -0.540. The van der Waals surface area contributed by atoms with Gasteiger partial charge in [-0.2, -0.15) is 0 Å². The van der Waals surface area contributed by atoms with Crippen molar-refractivity contribution < 1.29 is 4.74 Å². The second-order valence-electron chi connectivity index (χ2n) is 4.13. The standard InChI is InChI=1S/C12H18BrNO/c1-9(2)7-10(14)8-15-12-6-4-3-5-11(12)13/h3-6,9-10H,7-8,14H2,1-2H3. The van der Waals surface area contributed by atoms with E-state index < -0.39 is 0 Å². The molecule has 0 heterocycles. The van der Waals surface area contributed by atoms with Gasteiger partial charge in [-0.15, -0.1) is 0 Å². The molecule has 1 atom stereocenters. The Labute approximate surface area is 99.9 Å². The van der Waals surface area contributed by atoms with E-state index in [0.717, 1.165) is 16.6 Å². The minimum atomic E-state index is 0.108. The molecule has 0 aliphatic rings. The molecule has 0 bridgehead atoms. The third-order valence-corrected chi connectivity index (χ3v) is 2.72. The number of benzene rings is 1. The van der Waals surface area contributed by atoms with Crippen LogP contribution in [0.4, 0.5) is 0 Å². The number of hydrogen-bond donors (Lipinski definition) is 1. The zero-order valence-electron chi connectivity index (χ0n) is 9.24. The second-order valence-corrected chi connectivity index (χ2v) is 4.99. The molecule has 0 saturated carbocycles. The fourth-order valence-corrected chi connectivity index (χ4v) is 1.83. The summed E-state index contributed by atoms with van der Waals surface area (Å²) in [7, 11) is 0. The lowest BCUT2D eigenvalue weighted by Crippen LogP contribution is -2.29. The summed E-state index contributed by atoms with van der Waals surface area (Å²) in [5, 5.41) is 0. The van der Waals surface area contributed by atoms with E-state index in [4.69, 9.17) is 10.5 Å². The molecule has 0 saturated heterocycles. The molecule has 2 nitrogen and oxygen atoms in total. The van der Waals surface area contributed by atoms with Crippen molar-refractivity contribution >= 4 is 15.9 Å². The Kier molecular flexibility index (Phi) is 5.12. The van der Waals surface area contributed by atoms with Gasteiger partial charge in [-0.3, -0.25) is 0 Å². The smallest absolute Gasteiger partial charge is 0.133 e. The molecule has 1 rings (SSSR count). The summed E-state index contributed by atoms with van der Waals surface area (Å²) in [5.41, 5.74) is 5.93. The van der Waals surface area contributed by atoms with Gasteiger partial charge < -0.3 is 10.5 Å². The van der Waals surface area contributed by atoms with Crippen LogP contribution >= 0.6 is 15.9 Å². The van der Waals surface area contributed by atoms with Crippen LogP contribution in [-0.2, 0) is 0 Å². The van der Waals surface area contributed by atoms with Gasteiger partial charge in [0.15, 0.2) is 0 Å². The van der Waals surface area contributed by atoms with Gasteiger partial charge in [0.05, 0.1) is 4.47 Å². The van der Waals surface area contributed by atoms with Crippen LogP contribution in [0.25, 0.3) is 0 Å². The van der Waals surface area contributed by atoms with Gasteiger partial charge in [0, 0.05) is 6.04 Å². The topological polar surface area (TPSA) is 35.2 Å². The van der Waals surface area contributed by atoms with Crippen molar-refractivity contribution in [2.45, 2.75) is 26.3 Å². The van der Waals surface area contributed by atoms with Crippen molar-refractivity contribution in [1.82, 2.24) is 0 Å². The highest BCUT2D eigenvalue weighted by Crippen LogP contribution is 2.23. The fraction of sp³-hybridized carbons (Fsp3) is 0.500. The molecule has 2 N–H and O–H groups in total. The molecule has 0 radical (unpaired) electrons. The van der Waals surface area contributed by atoms with Crippen molar-refractivity contribution in [2.24, 2.45) is 11.7 Å². The van der Waals surface area contributed by atoms with E-state index in [0.29, 0.717) is 12.5 Å². The highest BCUT2D eigenvalue weighted by molar-refractivity contribution is 9.10. The lowest BCUT2D eigenvalue weighted by Gasteiger charge is -2.15. The highest BCUT2D eigenvalue weighted by Gasteiger charge is 2.07. The summed E-state index contributed by atoms with van der Waals surface area (Å²) in [4.78, 5) is 0. The number of hydrogen-bond acceptors (Lipinski definition) is 2. The first kappa shape index (κ1) is 12.5.